The quantitative estimate of drug-likeness (QED) is 0.700. The molecule has 2 fully saturated rings. The zero-order valence-corrected chi connectivity index (χ0v) is 20.2. The topological polar surface area (TPSA) is 96.8 Å². The lowest BCUT2D eigenvalue weighted by molar-refractivity contribution is -0.134. The van der Waals surface area contributed by atoms with Gasteiger partial charge in [-0.2, -0.15) is 5.10 Å². The number of rotatable bonds is 2. The van der Waals surface area contributed by atoms with Gasteiger partial charge in [0, 0.05) is 49.7 Å². The van der Waals surface area contributed by atoms with Crippen molar-refractivity contribution in [2.75, 3.05) is 18.0 Å². The predicted molar refractivity (Wildman–Crippen MR) is 125 cm³/mol. The minimum atomic E-state index is -0.522. The van der Waals surface area contributed by atoms with Gasteiger partial charge in [0.1, 0.15) is 5.60 Å². The van der Waals surface area contributed by atoms with Crippen molar-refractivity contribution >= 4 is 34.5 Å². The van der Waals surface area contributed by atoms with Gasteiger partial charge in [-0.1, -0.05) is 0 Å². The second-order valence-electron chi connectivity index (χ2n) is 10.2. The Balaban J connectivity index is 1.58. The molecule has 1 N–H and O–H groups in total. The summed E-state index contributed by atoms with van der Waals surface area (Å²) in [7, 11) is 1.87. The molecule has 9 nitrogen and oxygen atoms in total. The smallest absolute Gasteiger partial charge is 0.410 e. The first-order chi connectivity index (χ1) is 15.4. The van der Waals surface area contributed by atoms with Crippen molar-refractivity contribution in [1.29, 1.82) is 0 Å². The number of anilines is 1. The molecule has 0 saturated carbocycles. The highest BCUT2D eigenvalue weighted by atomic mass is 16.6. The maximum absolute atomic E-state index is 12.6. The Morgan fingerprint density at radius 3 is 2.42 bits per heavy atom. The number of carbonyl (C=O) groups excluding carboxylic acids is 3. The lowest BCUT2D eigenvalue weighted by Crippen LogP contribution is -2.58. The summed E-state index contributed by atoms with van der Waals surface area (Å²) in [5, 5.41) is 7.98. The Hall–Kier alpha value is -3.10. The van der Waals surface area contributed by atoms with Gasteiger partial charge in [0.15, 0.2) is 0 Å². The van der Waals surface area contributed by atoms with Crippen LogP contribution in [0.2, 0.25) is 0 Å². The molecule has 0 bridgehead atoms. The number of aromatic nitrogens is 2. The van der Waals surface area contributed by atoms with Crippen molar-refractivity contribution in [3.05, 3.63) is 23.9 Å². The van der Waals surface area contributed by atoms with Crippen molar-refractivity contribution in [2.45, 2.75) is 71.1 Å². The third kappa shape index (κ3) is 4.54. The second-order valence-corrected chi connectivity index (χ2v) is 10.2. The van der Waals surface area contributed by atoms with Crippen LogP contribution in [-0.4, -0.2) is 63.4 Å². The van der Waals surface area contributed by atoms with Gasteiger partial charge in [0.25, 0.3) is 0 Å². The number of hydrogen-bond acceptors (Lipinski definition) is 6. The molecule has 1 aromatic heterocycles. The number of piperazine rings is 1. The van der Waals surface area contributed by atoms with Crippen LogP contribution in [0.25, 0.3) is 10.9 Å². The van der Waals surface area contributed by atoms with E-state index in [0.717, 1.165) is 16.6 Å². The fraction of sp³-hybridized carbons (Fsp3) is 0.583. The number of hydrogen-bond donors (Lipinski definition) is 1. The van der Waals surface area contributed by atoms with Gasteiger partial charge in [-0.15, -0.1) is 0 Å². The molecule has 3 atom stereocenters. The number of aryl methyl sites for hydroxylation is 1. The van der Waals surface area contributed by atoms with Crippen molar-refractivity contribution in [2.24, 2.45) is 7.05 Å². The molecule has 3 heterocycles. The molecule has 2 aliphatic rings. The highest BCUT2D eigenvalue weighted by Gasteiger charge is 2.35. The van der Waals surface area contributed by atoms with E-state index in [1.54, 1.807) is 9.58 Å². The van der Waals surface area contributed by atoms with Crippen molar-refractivity contribution in [3.63, 3.8) is 0 Å². The van der Waals surface area contributed by atoms with Gasteiger partial charge in [0.05, 0.1) is 17.1 Å². The number of amides is 3. The molecule has 33 heavy (non-hydrogen) atoms. The first-order valence-electron chi connectivity index (χ1n) is 11.5. The zero-order chi connectivity index (χ0) is 24.1. The average molecular weight is 456 g/mol. The summed E-state index contributed by atoms with van der Waals surface area (Å²) >= 11 is 0. The monoisotopic (exact) mass is 455 g/mol. The maximum Gasteiger partial charge on any atom is 0.410 e. The Kier molecular flexibility index (Phi) is 5.84. The van der Waals surface area contributed by atoms with Gasteiger partial charge < -0.3 is 14.5 Å². The Labute approximate surface area is 194 Å². The summed E-state index contributed by atoms with van der Waals surface area (Å²) in [5.74, 6) is -0.935. The number of fused-ring (bicyclic) bond motifs is 1. The maximum atomic E-state index is 12.6. The van der Waals surface area contributed by atoms with Crippen LogP contribution in [-0.2, 0) is 21.4 Å². The average Bonchev–Trinajstić information content (AvgIpc) is 3.02. The Morgan fingerprint density at radius 1 is 1.15 bits per heavy atom. The van der Waals surface area contributed by atoms with Gasteiger partial charge in [-0.25, -0.2) is 4.79 Å². The van der Waals surface area contributed by atoms with E-state index in [2.05, 4.69) is 41.3 Å². The number of ether oxygens (including phenoxy) is 1. The van der Waals surface area contributed by atoms with Crippen LogP contribution in [0.3, 0.4) is 0 Å². The molecule has 2 aliphatic heterocycles. The van der Waals surface area contributed by atoms with Crippen LogP contribution in [0.15, 0.2) is 18.2 Å². The van der Waals surface area contributed by atoms with E-state index in [0.29, 0.717) is 31.6 Å². The molecule has 4 rings (SSSR count). The molecule has 1 unspecified atom stereocenters. The number of nitrogens with zero attached hydrogens (tertiary/aromatic N) is 4. The van der Waals surface area contributed by atoms with Crippen LogP contribution in [0.1, 0.15) is 59.1 Å². The van der Waals surface area contributed by atoms with E-state index >= 15 is 0 Å². The SMILES string of the molecule is C[C@@H]1CN(C(=O)OC(C)(C)C)C[C@@H](C)N1c1ccc2c(C3CCC(=O)NC3=O)nn(C)c2c1. The predicted octanol–water partition coefficient (Wildman–Crippen LogP) is 2.93. The third-order valence-corrected chi connectivity index (χ3v) is 6.30. The summed E-state index contributed by atoms with van der Waals surface area (Å²) < 4.78 is 7.36. The molecule has 2 saturated heterocycles. The van der Waals surface area contributed by atoms with Crippen LogP contribution < -0.4 is 10.2 Å². The standard InChI is InChI=1S/C24H33N5O4/c1-14-12-28(23(32)33-24(3,4)5)13-15(2)29(14)16-7-8-17-19(11-16)27(6)26-21(17)18-9-10-20(30)25-22(18)31/h7-8,11,14-15,18H,9-10,12-13H2,1-6H3,(H,25,30,31)/t14-,15-,18?/m1/s1. The van der Waals surface area contributed by atoms with E-state index < -0.39 is 11.5 Å². The highest BCUT2D eigenvalue weighted by Crippen LogP contribution is 2.34. The van der Waals surface area contributed by atoms with Gasteiger partial charge in [-0.05, 0) is 59.2 Å². The fourth-order valence-electron chi connectivity index (χ4n) is 4.95. The summed E-state index contributed by atoms with van der Waals surface area (Å²) in [4.78, 5) is 40.6. The zero-order valence-electron chi connectivity index (χ0n) is 20.2. The van der Waals surface area contributed by atoms with Crippen molar-refractivity contribution in [3.8, 4) is 0 Å². The van der Waals surface area contributed by atoms with E-state index in [1.807, 2.05) is 33.9 Å². The van der Waals surface area contributed by atoms with Gasteiger partial charge in [-0.3, -0.25) is 19.6 Å². The normalized spacial score (nSPS) is 24.2. The molecule has 0 spiro atoms. The summed E-state index contributed by atoms with van der Waals surface area (Å²) in [6.45, 7) is 11.0. The third-order valence-electron chi connectivity index (χ3n) is 6.30. The molecule has 0 radical (unpaired) electrons. The summed E-state index contributed by atoms with van der Waals surface area (Å²) in [5.41, 5.74) is 2.16. The van der Waals surface area contributed by atoms with E-state index in [-0.39, 0.29) is 30.0 Å². The van der Waals surface area contributed by atoms with Crippen LogP contribution >= 0.6 is 0 Å². The molecule has 0 aliphatic carbocycles. The lowest BCUT2D eigenvalue weighted by atomic mass is 9.92. The largest absolute Gasteiger partial charge is 0.444 e. The number of imide groups is 1. The van der Waals surface area contributed by atoms with Crippen LogP contribution in [0.5, 0.6) is 0 Å². The summed E-state index contributed by atoms with van der Waals surface area (Å²) in [6.07, 6.45) is 0.514. The highest BCUT2D eigenvalue weighted by molar-refractivity contribution is 6.02. The van der Waals surface area contributed by atoms with Crippen LogP contribution in [0, 0.1) is 0 Å². The molecular weight excluding hydrogens is 422 g/mol. The minimum Gasteiger partial charge on any atom is -0.444 e. The van der Waals surface area contributed by atoms with E-state index in [9.17, 15) is 14.4 Å². The van der Waals surface area contributed by atoms with E-state index in [4.69, 9.17) is 4.74 Å². The Morgan fingerprint density at radius 2 is 1.82 bits per heavy atom. The first kappa shape index (κ1) is 23.1. The number of benzene rings is 1. The summed E-state index contributed by atoms with van der Waals surface area (Å²) in [6, 6.07) is 6.35. The molecular formula is C24H33N5O4. The Bertz CT molecular complexity index is 1090. The molecule has 2 aromatic rings. The van der Waals surface area contributed by atoms with Crippen molar-refractivity contribution in [1.82, 2.24) is 20.0 Å². The second kappa shape index (κ2) is 8.35. The van der Waals surface area contributed by atoms with Crippen LogP contribution in [0.4, 0.5) is 10.5 Å². The molecule has 3 amide bonds. The number of carbonyl (C=O) groups is 3. The van der Waals surface area contributed by atoms with Gasteiger partial charge in [0.2, 0.25) is 11.8 Å². The van der Waals surface area contributed by atoms with Crippen molar-refractivity contribution < 1.29 is 19.1 Å². The minimum absolute atomic E-state index is 0.0987. The molecule has 9 heteroatoms. The van der Waals surface area contributed by atoms with E-state index in [1.165, 1.54) is 0 Å². The first-order valence-corrected chi connectivity index (χ1v) is 11.5. The number of piperidine rings is 1. The molecule has 178 valence electrons. The van der Waals surface area contributed by atoms with Gasteiger partial charge >= 0.3 is 6.09 Å². The molecule has 1 aromatic carbocycles. The lowest BCUT2D eigenvalue weighted by Gasteiger charge is -2.45. The number of nitrogens with one attached hydrogen (secondary N) is 1. The fourth-order valence-corrected chi connectivity index (χ4v) is 4.95.